The molecule has 0 radical (unpaired) electrons. The van der Waals surface area contributed by atoms with E-state index in [2.05, 4.69) is 4.98 Å². The molecule has 0 unspecified atom stereocenters. The van der Waals surface area contributed by atoms with Crippen molar-refractivity contribution in [1.82, 2.24) is 4.98 Å². The molecule has 0 spiro atoms. The maximum atomic E-state index is 12.8. The summed E-state index contributed by atoms with van der Waals surface area (Å²) in [5, 5.41) is 8.51. The second-order valence-corrected chi connectivity index (χ2v) is 3.10. The second kappa shape index (κ2) is 4.56. The van der Waals surface area contributed by atoms with Crippen molar-refractivity contribution in [3.63, 3.8) is 0 Å². The van der Waals surface area contributed by atoms with Gasteiger partial charge in [0.25, 0.3) is 0 Å². The average molecular weight is 194 g/mol. The van der Waals surface area contributed by atoms with Crippen LogP contribution in [0.2, 0.25) is 0 Å². The summed E-state index contributed by atoms with van der Waals surface area (Å²) in [5.41, 5.74) is 0.475. The van der Waals surface area contributed by atoms with E-state index in [9.17, 15) is 4.39 Å². The molecule has 0 saturated carbocycles. The minimum Gasteiger partial charge on any atom is -0.489 e. The van der Waals surface area contributed by atoms with Crippen molar-refractivity contribution in [3.8, 4) is 11.8 Å². The number of hydrogen-bond donors (Lipinski definition) is 0. The molecule has 74 valence electrons. The molecular formula is C10H11FN2O. The highest BCUT2D eigenvalue weighted by Gasteiger charge is 2.08. The maximum Gasteiger partial charge on any atom is 0.145 e. The monoisotopic (exact) mass is 194 g/mol. The minimum atomic E-state index is -0.456. The number of rotatable bonds is 3. The van der Waals surface area contributed by atoms with Crippen LogP contribution in [0.25, 0.3) is 0 Å². The van der Waals surface area contributed by atoms with Crippen molar-refractivity contribution in [2.24, 2.45) is 0 Å². The number of hydrogen-bond acceptors (Lipinski definition) is 3. The first-order chi connectivity index (χ1) is 6.63. The van der Waals surface area contributed by atoms with Crippen molar-refractivity contribution >= 4 is 0 Å². The Bertz CT molecular complexity index is 358. The van der Waals surface area contributed by atoms with E-state index in [1.165, 1.54) is 6.07 Å². The molecule has 0 aliphatic carbocycles. The Hall–Kier alpha value is -1.63. The van der Waals surface area contributed by atoms with E-state index < -0.39 is 5.82 Å². The van der Waals surface area contributed by atoms with E-state index in [4.69, 9.17) is 10.00 Å². The summed E-state index contributed by atoms with van der Waals surface area (Å²) in [5.74, 6) is -0.108. The molecule has 1 rings (SSSR count). The van der Waals surface area contributed by atoms with Crippen LogP contribution in [-0.4, -0.2) is 11.1 Å². The third-order valence-electron chi connectivity index (χ3n) is 1.51. The molecule has 1 aromatic rings. The van der Waals surface area contributed by atoms with Crippen molar-refractivity contribution < 1.29 is 9.13 Å². The van der Waals surface area contributed by atoms with Gasteiger partial charge in [0.2, 0.25) is 0 Å². The fourth-order valence-corrected chi connectivity index (χ4v) is 1.01. The van der Waals surface area contributed by atoms with E-state index in [1.54, 1.807) is 0 Å². The van der Waals surface area contributed by atoms with Gasteiger partial charge in [-0.15, -0.1) is 0 Å². The van der Waals surface area contributed by atoms with Crippen molar-refractivity contribution in [2.45, 2.75) is 26.4 Å². The van der Waals surface area contributed by atoms with Gasteiger partial charge in [0.15, 0.2) is 0 Å². The van der Waals surface area contributed by atoms with Crippen LogP contribution in [0.1, 0.15) is 19.5 Å². The summed E-state index contributed by atoms with van der Waals surface area (Å²) in [7, 11) is 0. The van der Waals surface area contributed by atoms with Crippen molar-refractivity contribution in [3.05, 3.63) is 23.8 Å². The molecule has 0 aromatic carbocycles. The number of nitrogens with zero attached hydrogens (tertiary/aromatic N) is 2. The Morgan fingerprint density at radius 2 is 2.36 bits per heavy atom. The summed E-state index contributed by atoms with van der Waals surface area (Å²) in [4.78, 5) is 3.80. The molecule has 3 nitrogen and oxygen atoms in total. The molecule has 0 bridgehead atoms. The molecule has 1 heterocycles. The van der Waals surface area contributed by atoms with E-state index in [0.717, 1.165) is 6.20 Å². The molecule has 1 aromatic heterocycles. The molecule has 0 N–H and O–H groups in total. The van der Waals surface area contributed by atoms with Gasteiger partial charge in [-0.3, -0.25) is 4.98 Å². The number of aromatic nitrogens is 1. The average Bonchev–Trinajstić information content (AvgIpc) is 2.09. The van der Waals surface area contributed by atoms with Crippen molar-refractivity contribution in [1.29, 1.82) is 5.26 Å². The Morgan fingerprint density at radius 3 is 2.93 bits per heavy atom. The molecular weight excluding hydrogens is 183 g/mol. The predicted octanol–water partition coefficient (Wildman–Crippen LogP) is 2.07. The smallest absolute Gasteiger partial charge is 0.145 e. The SMILES string of the molecule is CC(C)Oc1cc(F)cnc1CC#N. The summed E-state index contributed by atoms with van der Waals surface area (Å²) in [6, 6.07) is 3.20. The molecule has 0 saturated heterocycles. The van der Waals surface area contributed by atoms with Crippen LogP contribution in [0.15, 0.2) is 12.3 Å². The zero-order valence-corrected chi connectivity index (χ0v) is 8.12. The molecule has 0 fully saturated rings. The third-order valence-corrected chi connectivity index (χ3v) is 1.51. The number of pyridine rings is 1. The molecule has 4 heteroatoms. The third kappa shape index (κ3) is 2.70. The lowest BCUT2D eigenvalue weighted by Crippen LogP contribution is -2.08. The zero-order valence-electron chi connectivity index (χ0n) is 8.12. The van der Waals surface area contributed by atoms with Crippen LogP contribution in [0.5, 0.6) is 5.75 Å². The van der Waals surface area contributed by atoms with Crippen LogP contribution in [0, 0.1) is 17.1 Å². The van der Waals surface area contributed by atoms with E-state index in [0.29, 0.717) is 11.4 Å². The van der Waals surface area contributed by atoms with Crippen LogP contribution in [-0.2, 0) is 6.42 Å². The standard InChI is InChI=1S/C10H11FN2O/c1-7(2)14-10-5-8(11)6-13-9(10)3-4-12/h5-7H,3H2,1-2H3. The Kier molecular flexibility index (Phi) is 3.41. The normalized spacial score (nSPS) is 9.93. The summed E-state index contributed by atoms with van der Waals surface area (Å²) >= 11 is 0. The molecule has 14 heavy (non-hydrogen) atoms. The molecule has 0 aliphatic rings. The van der Waals surface area contributed by atoms with Gasteiger partial charge in [-0.05, 0) is 13.8 Å². The lowest BCUT2D eigenvalue weighted by atomic mass is 10.2. The van der Waals surface area contributed by atoms with Gasteiger partial charge in [0.1, 0.15) is 11.6 Å². The minimum absolute atomic E-state index is 0.0592. The van der Waals surface area contributed by atoms with Gasteiger partial charge in [-0.25, -0.2) is 4.39 Å². The summed E-state index contributed by atoms with van der Waals surface area (Å²) < 4.78 is 18.1. The highest BCUT2D eigenvalue weighted by atomic mass is 19.1. The van der Waals surface area contributed by atoms with Gasteiger partial charge < -0.3 is 4.74 Å². The Labute approximate surface area is 82.1 Å². The first-order valence-corrected chi connectivity index (χ1v) is 4.31. The predicted molar refractivity (Wildman–Crippen MR) is 49.3 cm³/mol. The van der Waals surface area contributed by atoms with Crippen LogP contribution < -0.4 is 4.74 Å². The van der Waals surface area contributed by atoms with Crippen LogP contribution in [0.3, 0.4) is 0 Å². The van der Waals surface area contributed by atoms with E-state index in [1.807, 2.05) is 19.9 Å². The largest absolute Gasteiger partial charge is 0.489 e. The fraction of sp³-hybridized carbons (Fsp3) is 0.400. The maximum absolute atomic E-state index is 12.8. The number of nitriles is 1. The van der Waals surface area contributed by atoms with Crippen LogP contribution >= 0.6 is 0 Å². The van der Waals surface area contributed by atoms with Gasteiger partial charge in [0, 0.05) is 6.07 Å². The van der Waals surface area contributed by atoms with Crippen molar-refractivity contribution in [2.75, 3.05) is 0 Å². The van der Waals surface area contributed by atoms with E-state index >= 15 is 0 Å². The lowest BCUT2D eigenvalue weighted by Gasteiger charge is -2.11. The highest BCUT2D eigenvalue weighted by molar-refractivity contribution is 5.29. The second-order valence-electron chi connectivity index (χ2n) is 3.10. The summed E-state index contributed by atoms with van der Waals surface area (Å²) in [6.07, 6.45) is 1.15. The first-order valence-electron chi connectivity index (χ1n) is 4.31. The zero-order chi connectivity index (χ0) is 10.6. The molecule has 0 atom stereocenters. The molecule has 0 amide bonds. The topological polar surface area (TPSA) is 45.9 Å². The Balaban J connectivity index is 2.97. The van der Waals surface area contributed by atoms with Gasteiger partial charge >= 0.3 is 0 Å². The fourth-order valence-electron chi connectivity index (χ4n) is 1.01. The van der Waals surface area contributed by atoms with Gasteiger partial charge in [-0.2, -0.15) is 5.26 Å². The highest BCUT2D eigenvalue weighted by Crippen LogP contribution is 2.18. The summed E-state index contributed by atoms with van der Waals surface area (Å²) in [6.45, 7) is 3.67. The quantitative estimate of drug-likeness (QED) is 0.740. The Morgan fingerprint density at radius 1 is 1.64 bits per heavy atom. The number of ether oxygens (including phenoxy) is 1. The van der Waals surface area contributed by atoms with Crippen LogP contribution in [0.4, 0.5) is 4.39 Å². The first kappa shape index (κ1) is 10.5. The molecule has 0 aliphatic heterocycles. The number of halogens is 1. The van der Waals surface area contributed by atoms with Gasteiger partial charge in [0.05, 0.1) is 30.5 Å². The lowest BCUT2D eigenvalue weighted by molar-refractivity contribution is 0.238. The van der Waals surface area contributed by atoms with Gasteiger partial charge in [-0.1, -0.05) is 0 Å². The van der Waals surface area contributed by atoms with E-state index in [-0.39, 0.29) is 12.5 Å².